The number of benzene rings is 1. The molecule has 6 atom stereocenters. The minimum absolute atomic E-state index is 0.0820. The van der Waals surface area contributed by atoms with Gasteiger partial charge in [-0.3, -0.25) is 4.79 Å². The van der Waals surface area contributed by atoms with Gasteiger partial charge in [0.25, 0.3) is 0 Å². The summed E-state index contributed by atoms with van der Waals surface area (Å²) in [7, 11) is 0. The van der Waals surface area contributed by atoms with Crippen LogP contribution in [0.25, 0.3) is 0 Å². The second-order valence-corrected chi connectivity index (χ2v) is 8.08. The van der Waals surface area contributed by atoms with Gasteiger partial charge in [-0.15, -0.1) is 0 Å². The van der Waals surface area contributed by atoms with Crippen molar-refractivity contribution in [2.75, 3.05) is 0 Å². The number of carbonyl (C=O) groups excluding carboxylic acids is 2. The summed E-state index contributed by atoms with van der Waals surface area (Å²) in [6.45, 7) is 0. The Kier molecular flexibility index (Phi) is 2.92. The summed E-state index contributed by atoms with van der Waals surface area (Å²) in [6, 6.07) is 5.62. The average Bonchev–Trinajstić information content (AvgIpc) is 3.06. The highest BCUT2D eigenvalue weighted by Gasteiger charge is 2.67. The Balaban J connectivity index is 1.61. The number of ether oxygens (including phenoxy) is 1. The second-order valence-electron chi connectivity index (χ2n) is 8.08. The van der Waals surface area contributed by atoms with Crippen LogP contribution in [0.3, 0.4) is 0 Å². The molecule has 4 heteroatoms. The number of esters is 1. The molecule has 1 aliphatic heterocycles. The molecule has 4 aliphatic rings. The third kappa shape index (κ3) is 1.69. The van der Waals surface area contributed by atoms with E-state index in [1.807, 2.05) is 12.1 Å². The van der Waals surface area contributed by atoms with E-state index in [9.17, 15) is 14.7 Å². The molecule has 3 aliphatic carbocycles. The molecule has 1 heterocycles. The summed E-state index contributed by atoms with van der Waals surface area (Å²) < 4.78 is 6.04. The van der Waals surface area contributed by atoms with Crippen molar-refractivity contribution in [1.29, 1.82) is 0 Å². The first-order valence-electron chi connectivity index (χ1n) is 9.12. The van der Waals surface area contributed by atoms with E-state index in [0.29, 0.717) is 18.3 Å². The van der Waals surface area contributed by atoms with Crippen LogP contribution in [-0.2, 0) is 20.7 Å². The number of aldehydes is 1. The fourth-order valence-electron chi connectivity index (χ4n) is 6.48. The molecule has 126 valence electrons. The van der Waals surface area contributed by atoms with Crippen molar-refractivity contribution in [2.45, 2.75) is 50.0 Å². The number of aromatic hydroxyl groups is 1. The smallest absolute Gasteiger partial charge is 0.310 e. The number of hydrogen-bond donors (Lipinski definition) is 1. The van der Waals surface area contributed by atoms with Crippen LogP contribution >= 0.6 is 0 Å². The third-order valence-electron chi connectivity index (χ3n) is 7.31. The highest BCUT2D eigenvalue weighted by atomic mass is 16.6. The SMILES string of the molecule is O=CC[C@H]1CC[C@@H]2[C@H]3CCc4ccc(O)cc4[C@@H]3[C@@H]3C[C@]12OC3=O. The normalized spacial score (nSPS) is 42.0. The van der Waals surface area contributed by atoms with Gasteiger partial charge in [-0.05, 0) is 54.9 Å². The van der Waals surface area contributed by atoms with E-state index in [4.69, 9.17) is 4.74 Å². The van der Waals surface area contributed by atoms with Gasteiger partial charge in [0, 0.05) is 30.6 Å². The summed E-state index contributed by atoms with van der Waals surface area (Å²) in [5.41, 5.74) is 2.03. The predicted molar refractivity (Wildman–Crippen MR) is 86.5 cm³/mol. The molecule has 2 bridgehead atoms. The molecule has 0 radical (unpaired) electrons. The Hall–Kier alpha value is -1.84. The maximum Gasteiger partial charge on any atom is 0.310 e. The van der Waals surface area contributed by atoms with Crippen molar-refractivity contribution in [3.63, 3.8) is 0 Å². The topological polar surface area (TPSA) is 63.6 Å². The van der Waals surface area contributed by atoms with Gasteiger partial charge in [0.15, 0.2) is 0 Å². The Morgan fingerprint density at radius 2 is 2.17 bits per heavy atom. The van der Waals surface area contributed by atoms with Gasteiger partial charge in [0.2, 0.25) is 0 Å². The van der Waals surface area contributed by atoms with Gasteiger partial charge >= 0.3 is 5.97 Å². The van der Waals surface area contributed by atoms with Crippen molar-refractivity contribution in [1.82, 2.24) is 0 Å². The molecule has 1 aromatic carbocycles. The number of aryl methyl sites for hydroxylation is 1. The van der Waals surface area contributed by atoms with E-state index < -0.39 is 5.60 Å². The minimum atomic E-state index is -0.391. The van der Waals surface area contributed by atoms with Gasteiger partial charge in [-0.2, -0.15) is 0 Å². The zero-order valence-electron chi connectivity index (χ0n) is 13.6. The Labute approximate surface area is 141 Å². The van der Waals surface area contributed by atoms with E-state index in [1.54, 1.807) is 6.07 Å². The van der Waals surface area contributed by atoms with Gasteiger partial charge in [0.1, 0.15) is 17.6 Å². The zero-order chi connectivity index (χ0) is 16.5. The molecule has 3 fully saturated rings. The van der Waals surface area contributed by atoms with E-state index in [1.165, 1.54) is 5.56 Å². The van der Waals surface area contributed by atoms with Crippen LogP contribution < -0.4 is 0 Å². The number of phenols is 1. The highest BCUT2D eigenvalue weighted by molar-refractivity contribution is 5.78. The molecule has 1 saturated heterocycles. The summed E-state index contributed by atoms with van der Waals surface area (Å²) >= 11 is 0. The molecule has 1 aromatic rings. The highest BCUT2D eigenvalue weighted by Crippen LogP contribution is 2.65. The summed E-state index contributed by atoms with van der Waals surface area (Å²) in [6.07, 6.45) is 6.37. The molecule has 4 nitrogen and oxygen atoms in total. The fourth-order valence-corrected chi connectivity index (χ4v) is 6.48. The molecule has 0 amide bonds. The molecule has 1 N–H and O–H groups in total. The standard InChI is InChI=1S/C20H22O4/c21-8-7-12-3-6-17-14-5-2-11-1-4-13(22)9-15(11)18(14)16-10-20(12,17)24-19(16)23/h1,4,8-9,12,14,16-18,22H,2-3,5-7,10H2/t12-,14-,16+,17-,18-,20+/m1/s1. The molecule has 0 unspecified atom stereocenters. The monoisotopic (exact) mass is 326 g/mol. The molecular weight excluding hydrogens is 304 g/mol. The zero-order valence-corrected chi connectivity index (χ0v) is 13.6. The second kappa shape index (κ2) is 4.84. The van der Waals surface area contributed by atoms with Crippen LogP contribution in [-0.4, -0.2) is 23.0 Å². The van der Waals surface area contributed by atoms with Crippen molar-refractivity contribution in [3.8, 4) is 5.75 Å². The van der Waals surface area contributed by atoms with E-state index in [-0.39, 0.29) is 29.5 Å². The molecule has 24 heavy (non-hydrogen) atoms. The average molecular weight is 326 g/mol. The maximum atomic E-state index is 12.7. The predicted octanol–water partition coefficient (Wildman–Crippen LogP) is 2.97. The van der Waals surface area contributed by atoms with Gasteiger partial charge in [-0.25, -0.2) is 0 Å². The Bertz CT molecular complexity index is 726. The van der Waals surface area contributed by atoms with Crippen LogP contribution in [0.2, 0.25) is 0 Å². The van der Waals surface area contributed by atoms with Crippen molar-refractivity contribution in [3.05, 3.63) is 29.3 Å². The number of rotatable bonds is 2. The van der Waals surface area contributed by atoms with E-state index in [0.717, 1.165) is 44.0 Å². The van der Waals surface area contributed by atoms with Gasteiger partial charge in [0.05, 0.1) is 5.92 Å². The lowest BCUT2D eigenvalue weighted by atomic mass is 9.55. The van der Waals surface area contributed by atoms with Crippen LogP contribution in [0.1, 0.15) is 49.1 Å². The van der Waals surface area contributed by atoms with Gasteiger partial charge in [-0.1, -0.05) is 6.07 Å². The Morgan fingerprint density at radius 1 is 1.29 bits per heavy atom. The molecule has 2 saturated carbocycles. The van der Waals surface area contributed by atoms with Crippen LogP contribution in [0, 0.1) is 23.7 Å². The third-order valence-corrected chi connectivity index (χ3v) is 7.31. The number of fused-ring (bicyclic) bond motifs is 6. The first-order valence-corrected chi connectivity index (χ1v) is 9.12. The van der Waals surface area contributed by atoms with Crippen molar-refractivity contribution < 1.29 is 19.4 Å². The fraction of sp³-hybridized carbons (Fsp3) is 0.600. The number of carbonyl (C=O) groups is 2. The van der Waals surface area contributed by atoms with Crippen LogP contribution in [0.15, 0.2) is 18.2 Å². The summed E-state index contributed by atoms with van der Waals surface area (Å²) in [5.74, 6) is 1.25. The lowest BCUT2D eigenvalue weighted by Crippen LogP contribution is -2.48. The molecule has 5 rings (SSSR count). The summed E-state index contributed by atoms with van der Waals surface area (Å²) in [4.78, 5) is 23.8. The molecular formula is C20H22O4. The largest absolute Gasteiger partial charge is 0.508 e. The van der Waals surface area contributed by atoms with Crippen LogP contribution in [0.5, 0.6) is 5.75 Å². The maximum absolute atomic E-state index is 12.7. The van der Waals surface area contributed by atoms with E-state index >= 15 is 0 Å². The molecule has 0 aromatic heterocycles. The van der Waals surface area contributed by atoms with E-state index in [2.05, 4.69) is 0 Å². The first kappa shape index (κ1) is 14.5. The number of phenolic OH excluding ortho intramolecular Hbond substituents is 1. The van der Waals surface area contributed by atoms with Crippen molar-refractivity contribution in [2.24, 2.45) is 23.7 Å². The van der Waals surface area contributed by atoms with Gasteiger partial charge < -0.3 is 14.6 Å². The number of hydrogen-bond acceptors (Lipinski definition) is 4. The quantitative estimate of drug-likeness (QED) is 0.670. The lowest BCUT2D eigenvalue weighted by Gasteiger charge is -2.48. The minimum Gasteiger partial charge on any atom is -0.508 e. The molecule has 1 spiro atoms. The van der Waals surface area contributed by atoms with Crippen molar-refractivity contribution >= 4 is 12.3 Å². The first-order chi connectivity index (χ1) is 11.6. The van der Waals surface area contributed by atoms with Crippen LogP contribution in [0.4, 0.5) is 0 Å². The Morgan fingerprint density at radius 3 is 3.00 bits per heavy atom. The lowest BCUT2D eigenvalue weighted by molar-refractivity contribution is -0.156. The summed E-state index contributed by atoms with van der Waals surface area (Å²) in [5, 5.41) is 9.96.